The van der Waals surface area contributed by atoms with Crippen LogP contribution in [0.15, 0.2) is 18.2 Å². The second kappa shape index (κ2) is 5.74. The van der Waals surface area contributed by atoms with E-state index in [9.17, 15) is 0 Å². The first kappa shape index (κ1) is 13.9. The highest BCUT2D eigenvalue weighted by molar-refractivity contribution is 6.35. The molecule has 3 nitrogen and oxygen atoms in total. The zero-order valence-electron chi connectivity index (χ0n) is 12.0. The summed E-state index contributed by atoms with van der Waals surface area (Å²) in [6.07, 6.45) is 6.02. The fourth-order valence-corrected chi connectivity index (χ4v) is 3.69. The summed E-state index contributed by atoms with van der Waals surface area (Å²) in [5.74, 6) is 1.49. The Labute approximate surface area is 125 Å². The van der Waals surface area contributed by atoms with Crippen LogP contribution in [0, 0.1) is 0 Å². The van der Waals surface area contributed by atoms with Gasteiger partial charge in [0.05, 0.1) is 16.1 Å². The van der Waals surface area contributed by atoms with Crippen LogP contribution in [-0.2, 0) is 6.54 Å². The molecule has 108 valence electrons. The Hall–Kier alpha value is -1.06. The Kier molecular flexibility index (Phi) is 3.99. The summed E-state index contributed by atoms with van der Waals surface area (Å²) < 4.78 is 2.26. The minimum absolute atomic E-state index is 0.221. The van der Waals surface area contributed by atoms with E-state index in [1.807, 2.05) is 18.2 Å². The van der Waals surface area contributed by atoms with Crippen molar-refractivity contribution in [3.05, 3.63) is 29.0 Å². The lowest BCUT2D eigenvalue weighted by molar-refractivity contribution is 0.467. The Morgan fingerprint density at radius 1 is 1.30 bits per heavy atom. The van der Waals surface area contributed by atoms with Crippen LogP contribution in [-0.4, -0.2) is 15.6 Å². The lowest BCUT2D eigenvalue weighted by Gasteiger charge is -2.21. The summed E-state index contributed by atoms with van der Waals surface area (Å²) in [6.45, 7) is 3.04. The average molecular weight is 292 g/mol. The molecule has 1 heterocycles. The summed E-state index contributed by atoms with van der Waals surface area (Å²) in [4.78, 5) is 4.86. The molecular weight excluding hydrogens is 270 g/mol. The maximum atomic E-state index is 6.41. The van der Waals surface area contributed by atoms with Crippen molar-refractivity contribution in [1.29, 1.82) is 0 Å². The Morgan fingerprint density at radius 2 is 2.10 bits per heavy atom. The molecule has 1 aliphatic carbocycles. The lowest BCUT2D eigenvalue weighted by atomic mass is 9.94. The zero-order valence-corrected chi connectivity index (χ0v) is 12.7. The monoisotopic (exact) mass is 291 g/mol. The van der Waals surface area contributed by atoms with Crippen LogP contribution in [0.2, 0.25) is 5.02 Å². The fourth-order valence-electron chi connectivity index (χ4n) is 3.42. The number of benzene rings is 1. The first-order valence-electron chi connectivity index (χ1n) is 7.62. The van der Waals surface area contributed by atoms with Gasteiger partial charge in [-0.2, -0.15) is 0 Å². The first-order chi connectivity index (χ1) is 9.72. The van der Waals surface area contributed by atoms with Crippen molar-refractivity contribution >= 4 is 22.6 Å². The van der Waals surface area contributed by atoms with E-state index in [0.29, 0.717) is 5.92 Å². The minimum Gasteiger partial charge on any atom is -0.327 e. The molecule has 1 aromatic heterocycles. The number of rotatable bonds is 2. The quantitative estimate of drug-likeness (QED) is 0.847. The predicted octanol–water partition coefficient (Wildman–Crippen LogP) is 4.08. The van der Waals surface area contributed by atoms with Gasteiger partial charge in [0.2, 0.25) is 0 Å². The van der Waals surface area contributed by atoms with E-state index in [1.54, 1.807) is 0 Å². The van der Waals surface area contributed by atoms with Crippen LogP contribution in [0.3, 0.4) is 0 Å². The molecule has 0 aliphatic heterocycles. The molecule has 1 fully saturated rings. The third-order valence-corrected chi connectivity index (χ3v) is 4.77. The number of hydrogen-bond donors (Lipinski definition) is 1. The molecule has 2 atom stereocenters. The SMILES string of the molecule is CCn1c(C2CCCCCC2N)nc2cccc(Cl)c21. The molecular formula is C16H22ClN3. The minimum atomic E-state index is 0.221. The third kappa shape index (κ3) is 2.33. The van der Waals surface area contributed by atoms with Crippen molar-refractivity contribution in [3.8, 4) is 0 Å². The van der Waals surface area contributed by atoms with E-state index < -0.39 is 0 Å². The molecule has 0 bridgehead atoms. The van der Waals surface area contributed by atoms with Crippen LogP contribution in [0.4, 0.5) is 0 Å². The number of aryl methyl sites for hydroxylation is 1. The van der Waals surface area contributed by atoms with Crippen LogP contribution < -0.4 is 5.73 Å². The van der Waals surface area contributed by atoms with Crippen molar-refractivity contribution in [2.45, 2.75) is 57.5 Å². The van der Waals surface area contributed by atoms with Crippen LogP contribution >= 0.6 is 11.6 Å². The summed E-state index contributed by atoms with van der Waals surface area (Å²) in [7, 11) is 0. The van der Waals surface area contributed by atoms with Crippen molar-refractivity contribution < 1.29 is 0 Å². The van der Waals surface area contributed by atoms with Gasteiger partial charge in [-0.25, -0.2) is 4.98 Å². The number of aromatic nitrogens is 2. The Bertz CT molecular complexity index is 605. The van der Waals surface area contributed by atoms with Gasteiger partial charge in [0.1, 0.15) is 5.82 Å². The Morgan fingerprint density at radius 3 is 2.90 bits per heavy atom. The van der Waals surface area contributed by atoms with Crippen molar-refractivity contribution in [3.63, 3.8) is 0 Å². The molecule has 3 rings (SSSR count). The van der Waals surface area contributed by atoms with Gasteiger partial charge >= 0.3 is 0 Å². The molecule has 4 heteroatoms. The number of halogens is 1. The Balaban J connectivity index is 2.12. The summed E-state index contributed by atoms with van der Waals surface area (Å²) in [5.41, 5.74) is 8.46. The highest BCUT2D eigenvalue weighted by Crippen LogP contribution is 2.34. The standard InChI is InChI=1S/C16H22ClN3/c1-2-20-15-12(17)8-6-10-14(15)19-16(20)11-7-4-3-5-9-13(11)18/h6,8,10-11,13H,2-5,7,9,18H2,1H3. The van der Waals surface area contributed by atoms with Gasteiger partial charge in [0, 0.05) is 18.5 Å². The topological polar surface area (TPSA) is 43.8 Å². The molecule has 1 saturated carbocycles. The molecule has 2 aromatic rings. The molecule has 0 amide bonds. The van der Waals surface area contributed by atoms with E-state index in [-0.39, 0.29) is 6.04 Å². The predicted molar refractivity (Wildman–Crippen MR) is 84.2 cm³/mol. The highest BCUT2D eigenvalue weighted by Gasteiger charge is 2.27. The fraction of sp³-hybridized carbons (Fsp3) is 0.562. The van der Waals surface area contributed by atoms with Crippen molar-refractivity contribution in [2.24, 2.45) is 5.73 Å². The number of nitrogens with zero attached hydrogens (tertiary/aromatic N) is 2. The summed E-state index contributed by atoms with van der Waals surface area (Å²) in [5, 5.41) is 0.783. The van der Waals surface area contributed by atoms with Crippen molar-refractivity contribution in [1.82, 2.24) is 9.55 Å². The molecule has 0 radical (unpaired) electrons. The van der Waals surface area contributed by atoms with Gasteiger partial charge in [-0.3, -0.25) is 0 Å². The van der Waals surface area contributed by atoms with Gasteiger partial charge < -0.3 is 10.3 Å². The summed E-state index contributed by atoms with van der Waals surface area (Å²) in [6, 6.07) is 6.17. The second-order valence-electron chi connectivity index (χ2n) is 5.73. The van der Waals surface area contributed by atoms with E-state index in [4.69, 9.17) is 22.3 Å². The van der Waals surface area contributed by atoms with Crippen LogP contribution in [0.1, 0.15) is 50.8 Å². The molecule has 1 aromatic carbocycles. The lowest BCUT2D eigenvalue weighted by Crippen LogP contribution is -2.29. The van der Waals surface area contributed by atoms with E-state index >= 15 is 0 Å². The molecule has 0 saturated heterocycles. The van der Waals surface area contributed by atoms with Gasteiger partial charge in [-0.15, -0.1) is 0 Å². The summed E-state index contributed by atoms with van der Waals surface area (Å²) >= 11 is 6.37. The average Bonchev–Trinajstić information content (AvgIpc) is 2.69. The van der Waals surface area contributed by atoms with Gasteiger partial charge in [-0.05, 0) is 31.9 Å². The second-order valence-corrected chi connectivity index (χ2v) is 6.14. The molecule has 20 heavy (non-hydrogen) atoms. The number of imidazole rings is 1. The molecule has 0 spiro atoms. The molecule has 1 aliphatic rings. The number of para-hydroxylation sites is 1. The smallest absolute Gasteiger partial charge is 0.114 e. The highest BCUT2D eigenvalue weighted by atomic mass is 35.5. The van der Waals surface area contributed by atoms with Crippen molar-refractivity contribution in [2.75, 3.05) is 0 Å². The first-order valence-corrected chi connectivity index (χ1v) is 8.00. The van der Waals surface area contributed by atoms with Gasteiger partial charge in [0.25, 0.3) is 0 Å². The number of fused-ring (bicyclic) bond motifs is 1. The maximum absolute atomic E-state index is 6.41. The molecule has 2 N–H and O–H groups in total. The van der Waals surface area contributed by atoms with E-state index in [1.165, 1.54) is 19.3 Å². The zero-order chi connectivity index (χ0) is 14.1. The van der Waals surface area contributed by atoms with Crippen LogP contribution in [0.5, 0.6) is 0 Å². The number of nitrogens with two attached hydrogens (primary N) is 1. The van der Waals surface area contributed by atoms with Crippen LogP contribution in [0.25, 0.3) is 11.0 Å². The molecule has 2 unspecified atom stereocenters. The normalized spacial score (nSPS) is 23.9. The van der Waals surface area contributed by atoms with E-state index in [2.05, 4.69) is 11.5 Å². The largest absolute Gasteiger partial charge is 0.327 e. The van der Waals surface area contributed by atoms with E-state index in [0.717, 1.165) is 41.3 Å². The van der Waals surface area contributed by atoms with Gasteiger partial charge in [-0.1, -0.05) is 36.9 Å². The number of hydrogen-bond acceptors (Lipinski definition) is 2. The maximum Gasteiger partial charge on any atom is 0.114 e. The van der Waals surface area contributed by atoms with Gasteiger partial charge in [0.15, 0.2) is 0 Å². The third-order valence-electron chi connectivity index (χ3n) is 4.46.